The molecule has 0 amide bonds. The van der Waals surface area contributed by atoms with Crippen LogP contribution in [-0.2, 0) is 0 Å². The zero-order chi connectivity index (χ0) is 12.5. The van der Waals surface area contributed by atoms with Crippen LogP contribution < -0.4 is 4.74 Å². The minimum atomic E-state index is 0.505. The lowest BCUT2D eigenvalue weighted by atomic mass is 10.2. The maximum atomic E-state index is 6.00. The Balaban J connectivity index is 2.25. The number of benzene rings is 1. The van der Waals surface area contributed by atoms with Crippen LogP contribution in [0.2, 0.25) is 5.02 Å². The van der Waals surface area contributed by atoms with Gasteiger partial charge in [-0.05, 0) is 12.1 Å². The summed E-state index contributed by atoms with van der Waals surface area (Å²) in [5.41, 5.74) is 2.64. The van der Waals surface area contributed by atoms with Gasteiger partial charge in [0.2, 0.25) is 5.65 Å². The lowest BCUT2D eigenvalue weighted by Gasteiger charge is -2.04. The highest BCUT2D eigenvalue weighted by Gasteiger charge is 2.10. The number of fused-ring (bicyclic) bond motifs is 1. The summed E-state index contributed by atoms with van der Waals surface area (Å²) >= 11 is 6.00. The molecule has 90 valence electrons. The van der Waals surface area contributed by atoms with Crippen molar-refractivity contribution in [1.29, 1.82) is 0 Å². The maximum Gasteiger partial charge on any atom is 0.258 e. The first-order valence-corrected chi connectivity index (χ1v) is 5.79. The van der Waals surface area contributed by atoms with E-state index in [-0.39, 0.29) is 0 Å². The quantitative estimate of drug-likeness (QED) is 0.710. The fourth-order valence-corrected chi connectivity index (χ4v) is 2.09. The Labute approximate surface area is 109 Å². The van der Waals surface area contributed by atoms with E-state index in [1.165, 1.54) is 0 Å². The number of ether oxygens (including phenoxy) is 1. The van der Waals surface area contributed by atoms with E-state index in [9.17, 15) is 0 Å². The average molecular weight is 260 g/mol. The topological polar surface area (TPSA) is 39.4 Å². The molecule has 3 rings (SSSR count). The molecule has 0 bridgehead atoms. The van der Waals surface area contributed by atoms with Crippen molar-refractivity contribution in [3.8, 4) is 17.1 Å². The van der Waals surface area contributed by atoms with Gasteiger partial charge in [0.1, 0.15) is 0 Å². The van der Waals surface area contributed by atoms with Crippen LogP contribution in [0.15, 0.2) is 42.9 Å². The molecule has 0 radical (unpaired) electrons. The predicted molar refractivity (Wildman–Crippen MR) is 70.0 cm³/mol. The summed E-state index contributed by atoms with van der Waals surface area (Å²) in [5.74, 6) is 0.505. The zero-order valence-corrected chi connectivity index (χ0v) is 10.4. The predicted octanol–water partition coefficient (Wildman–Crippen LogP) is 3.06. The van der Waals surface area contributed by atoms with Crippen LogP contribution in [0, 0.1) is 0 Å². The second kappa shape index (κ2) is 4.31. The number of rotatable bonds is 2. The molecule has 0 aliphatic heterocycles. The Kier molecular flexibility index (Phi) is 2.64. The number of hydrogen-bond acceptors (Lipinski definition) is 3. The molecule has 0 aliphatic rings. The van der Waals surface area contributed by atoms with Crippen LogP contribution >= 0.6 is 11.6 Å². The van der Waals surface area contributed by atoms with E-state index in [4.69, 9.17) is 16.3 Å². The number of methoxy groups -OCH3 is 1. The van der Waals surface area contributed by atoms with Crippen molar-refractivity contribution in [3.05, 3.63) is 47.9 Å². The molecule has 18 heavy (non-hydrogen) atoms. The van der Waals surface area contributed by atoms with Crippen LogP contribution in [0.25, 0.3) is 16.9 Å². The third-order valence-electron chi connectivity index (χ3n) is 2.71. The van der Waals surface area contributed by atoms with Gasteiger partial charge < -0.3 is 4.74 Å². The monoisotopic (exact) mass is 259 g/mol. The van der Waals surface area contributed by atoms with Crippen LogP contribution in [-0.4, -0.2) is 21.5 Å². The van der Waals surface area contributed by atoms with Gasteiger partial charge in [-0.25, -0.2) is 9.97 Å². The summed E-state index contributed by atoms with van der Waals surface area (Å²) in [5, 5.41) is 0.698. The minimum absolute atomic E-state index is 0.505. The Morgan fingerprint density at radius 1 is 1.28 bits per heavy atom. The van der Waals surface area contributed by atoms with Crippen molar-refractivity contribution in [2.45, 2.75) is 0 Å². The summed E-state index contributed by atoms with van der Waals surface area (Å²) in [4.78, 5) is 8.45. The summed E-state index contributed by atoms with van der Waals surface area (Å²) in [7, 11) is 1.58. The Hall–Kier alpha value is -2.07. The van der Waals surface area contributed by atoms with Gasteiger partial charge in [-0.2, -0.15) is 0 Å². The highest BCUT2D eigenvalue weighted by molar-refractivity contribution is 6.30. The first-order chi connectivity index (χ1) is 8.79. The van der Waals surface area contributed by atoms with Gasteiger partial charge in [-0.15, -0.1) is 0 Å². The Morgan fingerprint density at radius 2 is 2.17 bits per heavy atom. The molecule has 0 spiro atoms. The highest BCUT2D eigenvalue weighted by atomic mass is 35.5. The van der Waals surface area contributed by atoms with Crippen LogP contribution in [0.1, 0.15) is 0 Å². The van der Waals surface area contributed by atoms with Crippen molar-refractivity contribution in [2.24, 2.45) is 0 Å². The molecule has 0 atom stereocenters. The molecule has 0 fully saturated rings. The van der Waals surface area contributed by atoms with Crippen LogP contribution in [0.5, 0.6) is 5.88 Å². The van der Waals surface area contributed by atoms with E-state index in [0.717, 1.165) is 11.3 Å². The van der Waals surface area contributed by atoms with E-state index in [0.29, 0.717) is 16.5 Å². The highest BCUT2D eigenvalue weighted by Crippen LogP contribution is 2.25. The minimum Gasteiger partial charge on any atom is -0.478 e. The SMILES string of the molecule is COc1nccn2c(-c3cccc(Cl)c3)cnc12. The number of halogens is 1. The lowest BCUT2D eigenvalue weighted by molar-refractivity contribution is 0.400. The van der Waals surface area contributed by atoms with Gasteiger partial charge in [-0.3, -0.25) is 4.40 Å². The molecule has 2 heterocycles. The lowest BCUT2D eigenvalue weighted by Crippen LogP contribution is -1.94. The second-order valence-corrected chi connectivity index (χ2v) is 4.22. The fourth-order valence-electron chi connectivity index (χ4n) is 1.90. The van der Waals surface area contributed by atoms with Gasteiger partial charge in [-0.1, -0.05) is 23.7 Å². The molecule has 0 aliphatic carbocycles. The van der Waals surface area contributed by atoms with Gasteiger partial charge in [0.25, 0.3) is 5.88 Å². The molecule has 1 aromatic carbocycles. The molecule has 0 saturated heterocycles. The molecular formula is C13H10ClN3O. The molecular weight excluding hydrogens is 250 g/mol. The summed E-state index contributed by atoms with van der Waals surface area (Å²) in [6.07, 6.45) is 5.31. The number of imidazole rings is 1. The Bertz CT molecular complexity index is 708. The van der Waals surface area contributed by atoms with Crippen molar-refractivity contribution in [3.63, 3.8) is 0 Å². The van der Waals surface area contributed by atoms with E-state index in [2.05, 4.69) is 9.97 Å². The smallest absolute Gasteiger partial charge is 0.258 e. The van der Waals surface area contributed by atoms with Crippen molar-refractivity contribution in [2.75, 3.05) is 7.11 Å². The molecule has 0 saturated carbocycles. The molecule has 2 aromatic heterocycles. The number of hydrogen-bond donors (Lipinski definition) is 0. The number of nitrogens with zero attached hydrogens (tertiary/aromatic N) is 3. The van der Waals surface area contributed by atoms with E-state index < -0.39 is 0 Å². The van der Waals surface area contributed by atoms with E-state index >= 15 is 0 Å². The van der Waals surface area contributed by atoms with Crippen LogP contribution in [0.4, 0.5) is 0 Å². The van der Waals surface area contributed by atoms with Crippen LogP contribution in [0.3, 0.4) is 0 Å². The average Bonchev–Trinajstić information content (AvgIpc) is 2.82. The van der Waals surface area contributed by atoms with Crippen molar-refractivity contribution >= 4 is 17.2 Å². The van der Waals surface area contributed by atoms with Gasteiger partial charge >= 0.3 is 0 Å². The summed E-state index contributed by atoms with van der Waals surface area (Å²) in [6.45, 7) is 0. The molecule has 5 heteroatoms. The summed E-state index contributed by atoms with van der Waals surface area (Å²) < 4.78 is 7.11. The largest absolute Gasteiger partial charge is 0.478 e. The standard InChI is InChI=1S/C13H10ClN3O/c1-18-13-12-16-8-11(17(12)6-5-15-13)9-3-2-4-10(14)7-9/h2-8H,1H3. The molecule has 0 N–H and O–H groups in total. The summed E-state index contributed by atoms with van der Waals surface area (Å²) in [6, 6.07) is 7.64. The molecule has 0 unspecified atom stereocenters. The molecule has 3 aromatic rings. The van der Waals surface area contributed by atoms with Gasteiger partial charge in [0.15, 0.2) is 0 Å². The van der Waals surface area contributed by atoms with Gasteiger partial charge in [0.05, 0.1) is 19.0 Å². The normalized spacial score (nSPS) is 10.8. The third-order valence-corrected chi connectivity index (χ3v) is 2.94. The molecule has 4 nitrogen and oxygen atoms in total. The third kappa shape index (κ3) is 1.71. The first-order valence-electron chi connectivity index (χ1n) is 5.41. The van der Waals surface area contributed by atoms with E-state index in [1.54, 1.807) is 19.5 Å². The first kappa shape index (κ1) is 11.0. The zero-order valence-electron chi connectivity index (χ0n) is 9.67. The van der Waals surface area contributed by atoms with Crippen molar-refractivity contribution < 1.29 is 4.74 Å². The number of aromatic nitrogens is 3. The van der Waals surface area contributed by atoms with Gasteiger partial charge in [0, 0.05) is 23.0 Å². The maximum absolute atomic E-state index is 6.00. The Morgan fingerprint density at radius 3 is 2.94 bits per heavy atom. The van der Waals surface area contributed by atoms with Crippen molar-refractivity contribution in [1.82, 2.24) is 14.4 Å². The second-order valence-electron chi connectivity index (χ2n) is 3.78. The fraction of sp³-hybridized carbons (Fsp3) is 0.0769. The van der Waals surface area contributed by atoms with E-state index in [1.807, 2.05) is 34.9 Å².